The third kappa shape index (κ3) is 2.74. The number of hydrogen-bond donors (Lipinski definition) is 2. The summed E-state index contributed by atoms with van der Waals surface area (Å²) in [6.07, 6.45) is -3.05. The van der Waals surface area contributed by atoms with Crippen molar-refractivity contribution in [3.05, 3.63) is 33.1 Å². The molecule has 0 saturated carbocycles. The minimum absolute atomic E-state index is 0.593. The van der Waals surface area contributed by atoms with Gasteiger partial charge in [-0.05, 0) is 0 Å². The number of aliphatic hydroxyl groups is 1. The molecule has 4 atom stereocenters. The number of esters is 1. The third-order valence-electron chi connectivity index (χ3n) is 3.22. The summed E-state index contributed by atoms with van der Waals surface area (Å²) >= 11 is 0. The number of nitrogens with zero attached hydrogens (tertiary/aromatic N) is 1. The van der Waals surface area contributed by atoms with Gasteiger partial charge in [-0.1, -0.05) is 6.92 Å². The Morgan fingerprint density at radius 3 is 2.90 bits per heavy atom. The molecule has 0 aromatic carbocycles. The molecule has 0 aliphatic carbocycles. The molecule has 116 valence electrons. The molecule has 1 aromatic heterocycles. The zero-order chi connectivity index (χ0) is 16.7. The molecule has 2 N–H and O–H groups in total. The van der Waals surface area contributed by atoms with Crippen molar-refractivity contribution < 1.29 is 25.1 Å². The van der Waals surface area contributed by atoms with Crippen LogP contribution in [0.1, 0.15) is 21.4 Å². The van der Waals surface area contributed by atoms with Gasteiger partial charge >= 0.3 is 11.7 Å². The van der Waals surface area contributed by atoms with E-state index in [0.717, 1.165) is 19.2 Å². The number of alkyl halides is 1. The van der Waals surface area contributed by atoms with Gasteiger partial charge in [-0.2, -0.15) is 0 Å². The van der Waals surface area contributed by atoms with Gasteiger partial charge in [0.2, 0.25) is 5.85 Å². The predicted molar refractivity (Wildman–Crippen MR) is 67.1 cm³/mol. The van der Waals surface area contributed by atoms with E-state index >= 15 is 0 Å². The van der Waals surface area contributed by atoms with Crippen molar-refractivity contribution in [3.8, 4) is 0 Å². The Balaban J connectivity index is 2.59. The van der Waals surface area contributed by atoms with E-state index < -0.39 is 47.9 Å². The van der Waals surface area contributed by atoms with Crippen LogP contribution in [0.15, 0.2) is 21.9 Å². The molecule has 0 unspecified atom stereocenters. The van der Waals surface area contributed by atoms with E-state index in [4.69, 9.17) is 10.8 Å². The van der Waals surface area contributed by atoms with E-state index in [2.05, 4.69) is 0 Å². The SMILES string of the molecule is [2H][C@@]1(n2ccc(=O)[nH]c2=O)O[C@](F)(CO)[C@@H](C)[C@H]1OC(C)=O. The molecule has 0 spiro atoms. The number of aliphatic hydroxyl groups excluding tert-OH is 1. The number of aromatic nitrogens is 2. The summed E-state index contributed by atoms with van der Waals surface area (Å²) in [7, 11) is 0. The van der Waals surface area contributed by atoms with Crippen LogP contribution in [0.3, 0.4) is 0 Å². The zero-order valence-corrected chi connectivity index (χ0v) is 11.3. The summed E-state index contributed by atoms with van der Waals surface area (Å²) in [4.78, 5) is 36.1. The minimum atomic E-state index is -2.68. The van der Waals surface area contributed by atoms with Crippen LogP contribution in [0.2, 0.25) is 0 Å². The summed E-state index contributed by atoms with van der Waals surface area (Å²) in [5.41, 5.74) is -1.75. The molecule has 1 fully saturated rings. The van der Waals surface area contributed by atoms with E-state index in [9.17, 15) is 23.9 Å². The molecule has 8 nitrogen and oxygen atoms in total. The number of nitrogens with one attached hydrogen (secondary N) is 1. The Morgan fingerprint density at radius 2 is 2.38 bits per heavy atom. The predicted octanol–water partition coefficient (Wildman–Crippen LogP) is -0.709. The normalized spacial score (nSPS) is 36.3. The average molecular weight is 303 g/mol. The summed E-state index contributed by atoms with van der Waals surface area (Å²) < 4.78 is 33.3. The van der Waals surface area contributed by atoms with Gasteiger partial charge in [0.25, 0.3) is 5.56 Å². The number of rotatable bonds is 3. The molecule has 2 heterocycles. The molecular weight excluding hydrogens is 287 g/mol. The van der Waals surface area contributed by atoms with Gasteiger partial charge in [0.05, 0.1) is 7.29 Å². The van der Waals surface area contributed by atoms with Crippen molar-refractivity contribution >= 4 is 5.97 Å². The zero-order valence-electron chi connectivity index (χ0n) is 12.3. The van der Waals surface area contributed by atoms with Crippen molar-refractivity contribution in [2.75, 3.05) is 6.61 Å². The highest BCUT2D eigenvalue weighted by atomic mass is 19.2. The second-order valence-corrected chi connectivity index (χ2v) is 4.68. The summed E-state index contributed by atoms with van der Waals surface area (Å²) in [5.74, 6) is -4.72. The lowest BCUT2D eigenvalue weighted by Gasteiger charge is -2.22. The largest absolute Gasteiger partial charge is 0.457 e. The number of carbonyl (C=O) groups is 1. The fourth-order valence-electron chi connectivity index (χ4n) is 2.05. The van der Waals surface area contributed by atoms with Crippen LogP contribution in [-0.2, 0) is 14.3 Å². The average Bonchev–Trinajstić information content (AvgIpc) is 2.60. The van der Waals surface area contributed by atoms with Crippen LogP contribution < -0.4 is 11.2 Å². The first kappa shape index (κ1) is 14.0. The summed E-state index contributed by atoms with van der Waals surface area (Å²) in [6.45, 7) is 1.24. The van der Waals surface area contributed by atoms with Crippen LogP contribution >= 0.6 is 0 Å². The van der Waals surface area contributed by atoms with Crippen molar-refractivity contribution in [3.63, 3.8) is 0 Å². The lowest BCUT2D eigenvalue weighted by atomic mass is 9.98. The van der Waals surface area contributed by atoms with Crippen molar-refractivity contribution in [2.45, 2.75) is 32.0 Å². The van der Waals surface area contributed by atoms with Crippen LogP contribution in [-0.4, -0.2) is 39.2 Å². The second kappa shape index (κ2) is 5.41. The fourth-order valence-corrected chi connectivity index (χ4v) is 2.05. The standard InChI is InChI=1S/C12H15FN2O6/c1-6-9(20-7(2)17)10(21-12(6,13)5-16)15-4-3-8(18)14-11(15)19/h3-4,6,9-10,16H,5H2,1-2H3,(H,14,18,19)/t6-,9+,10+,12+/m0/s1/i10D. The molecule has 1 saturated heterocycles. The highest BCUT2D eigenvalue weighted by molar-refractivity contribution is 5.66. The topological polar surface area (TPSA) is 111 Å². The molecule has 0 bridgehead atoms. The van der Waals surface area contributed by atoms with Crippen molar-refractivity contribution in [1.82, 2.24) is 9.55 Å². The van der Waals surface area contributed by atoms with Gasteiger partial charge in [0.1, 0.15) is 6.61 Å². The van der Waals surface area contributed by atoms with Crippen LogP contribution in [0.5, 0.6) is 0 Å². The Kier molecular flexibility index (Phi) is 3.60. The molecular formula is C12H15FN2O6. The van der Waals surface area contributed by atoms with Gasteiger partial charge < -0.3 is 14.6 Å². The van der Waals surface area contributed by atoms with Crippen LogP contribution in [0.4, 0.5) is 4.39 Å². The fraction of sp³-hybridized carbons (Fsp3) is 0.583. The number of ether oxygens (including phenoxy) is 2. The van der Waals surface area contributed by atoms with E-state index in [1.165, 1.54) is 6.92 Å². The molecule has 1 aliphatic rings. The monoisotopic (exact) mass is 303 g/mol. The molecule has 0 radical (unpaired) electrons. The number of aromatic amines is 1. The van der Waals surface area contributed by atoms with Gasteiger partial charge in [-0.25, -0.2) is 9.18 Å². The van der Waals surface area contributed by atoms with E-state index in [1.807, 2.05) is 4.98 Å². The molecule has 0 amide bonds. The highest BCUT2D eigenvalue weighted by Gasteiger charge is 2.56. The van der Waals surface area contributed by atoms with Crippen molar-refractivity contribution in [2.24, 2.45) is 5.92 Å². The number of hydrogen-bond acceptors (Lipinski definition) is 6. The molecule has 2 rings (SSSR count). The van der Waals surface area contributed by atoms with Gasteiger partial charge in [0, 0.05) is 19.2 Å². The Bertz CT molecular complexity index is 705. The highest BCUT2D eigenvalue weighted by Crippen LogP contribution is 2.43. The summed E-state index contributed by atoms with van der Waals surface area (Å²) in [6, 6.07) is 0.938. The van der Waals surface area contributed by atoms with E-state index in [1.54, 1.807) is 0 Å². The number of carbonyl (C=O) groups excluding carboxylic acids is 1. The first-order valence-corrected chi connectivity index (χ1v) is 6.13. The summed E-state index contributed by atoms with van der Waals surface area (Å²) in [5, 5.41) is 9.17. The molecule has 1 aromatic rings. The van der Waals surface area contributed by atoms with Crippen LogP contribution in [0.25, 0.3) is 0 Å². The van der Waals surface area contributed by atoms with Gasteiger partial charge in [0.15, 0.2) is 12.3 Å². The van der Waals surface area contributed by atoms with E-state index in [-0.39, 0.29) is 0 Å². The first-order valence-electron chi connectivity index (χ1n) is 6.63. The number of halogens is 1. The van der Waals surface area contributed by atoms with Crippen LogP contribution in [0, 0.1) is 5.92 Å². The number of H-pyrrole nitrogens is 1. The Morgan fingerprint density at radius 1 is 1.71 bits per heavy atom. The van der Waals surface area contributed by atoms with Gasteiger partial charge in [-0.3, -0.25) is 19.1 Å². The lowest BCUT2D eigenvalue weighted by Crippen LogP contribution is -2.38. The smallest absolute Gasteiger partial charge is 0.330 e. The Labute approximate surface area is 119 Å². The second-order valence-electron chi connectivity index (χ2n) is 4.68. The quantitative estimate of drug-likeness (QED) is 0.714. The maximum atomic E-state index is 14.6. The third-order valence-corrected chi connectivity index (χ3v) is 3.22. The van der Waals surface area contributed by atoms with Gasteiger partial charge in [-0.15, -0.1) is 0 Å². The van der Waals surface area contributed by atoms with E-state index in [0.29, 0.717) is 4.57 Å². The first-order chi connectivity index (χ1) is 10.1. The maximum absolute atomic E-state index is 14.6. The molecule has 9 heteroatoms. The molecule has 21 heavy (non-hydrogen) atoms. The minimum Gasteiger partial charge on any atom is -0.457 e. The lowest BCUT2D eigenvalue weighted by molar-refractivity contribution is -0.193. The Hall–Kier alpha value is -2.00. The molecule has 1 aliphatic heterocycles. The maximum Gasteiger partial charge on any atom is 0.330 e. The van der Waals surface area contributed by atoms with Crippen molar-refractivity contribution in [1.29, 1.82) is 0 Å².